The molecule has 1 saturated heterocycles. The number of piperidine rings is 1. The third-order valence-corrected chi connectivity index (χ3v) is 4.84. The Morgan fingerprint density at radius 2 is 1.78 bits per heavy atom. The van der Waals surface area contributed by atoms with E-state index < -0.39 is 0 Å². The SMILES string of the molecule is CC(=O)Nc1ccc(NC(=O)C2CCCN(Cc3cccc(C)c3)C2)cc1. The van der Waals surface area contributed by atoms with Crippen molar-refractivity contribution in [1.29, 1.82) is 0 Å². The van der Waals surface area contributed by atoms with E-state index >= 15 is 0 Å². The van der Waals surface area contributed by atoms with Crippen LogP contribution in [0.1, 0.15) is 30.9 Å². The molecule has 2 aromatic carbocycles. The van der Waals surface area contributed by atoms with E-state index in [0.717, 1.165) is 43.9 Å². The van der Waals surface area contributed by atoms with Crippen molar-refractivity contribution < 1.29 is 9.59 Å². The van der Waals surface area contributed by atoms with E-state index in [1.807, 2.05) is 12.1 Å². The summed E-state index contributed by atoms with van der Waals surface area (Å²) in [6.45, 7) is 6.28. The van der Waals surface area contributed by atoms with Crippen LogP contribution in [0.15, 0.2) is 48.5 Å². The summed E-state index contributed by atoms with van der Waals surface area (Å²) in [7, 11) is 0. The second kappa shape index (κ2) is 8.82. The average molecular weight is 365 g/mol. The summed E-state index contributed by atoms with van der Waals surface area (Å²) in [5.41, 5.74) is 4.04. The van der Waals surface area contributed by atoms with Crippen molar-refractivity contribution in [2.75, 3.05) is 23.7 Å². The second-order valence-corrected chi connectivity index (χ2v) is 7.31. The van der Waals surface area contributed by atoms with E-state index in [1.165, 1.54) is 18.1 Å². The van der Waals surface area contributed by atoms with Gasteiger partial charge >= 0.3 is 0 Å². The quantitative estimate of drug-likeness (QED) is 0.847. The van der Waals surface area contributed by atoms with Gasteiger partial charge in [-0.15, -0.1) is 0 Å². The molecule has 1 aliphatic heterocycles. The monoisotopic (exact) mass is 365 g/mol. The Balaban J connectivity index is 1.55. The number of amides is 2. The zero-order valence-electron chi connectivity index (χ0n) is 16.0. The van der Waals surface area contributed by atoms with Crippen molar-refractivity contribution in [2.24, 2.45) is 5.92 Å². The van der Waals surface area contributed by atoms with Gasteiger partial charge in [0, 0.05) is 31.4 Å². The molecule has 0 aromatic heterocycles. The molecule has 142 valence electrons. The van der Waals surface area contributed by atoms with Gasteiger partial charge in [0.2, 0.25) is 11.8 Å². The third kappa shape index (κ3) is 5.66. The van der Waals surface area contributed by atoms with E-state index in [1.54, 1.807) is 12.1 Å². The number of anilines is 2. The van der Waals surface area contributed by atoms with Gasteiger partial charge in [0.15, 0.2) is 0 Å². The van der Waals surface area contributed by atoms with E-state index in [4.69, 9.17) is 0 Å². The number of hydrogen-bond acceptors (Lipinski definition) is 3. The van der Waals surface area contributed by atoms with Gasteiger partial charge in [-0.1, -0.05) is 29.8 Å². The molecule has 1 aliphatic rings. The largest absolute Gasteiger partial charge is 0.326 e. The molecule has 0 saturated carbocycles. The predicted octanol–water partition coefficient (Wildman–Crippen LogP) is 3.80. The summed E-state index contributed by atoms with van der Waals surface area (Å²) in [6.07, 6.45) is 1.95. The molecular formula is C22H27N3O2. The topological polar surface area (TPSA) is 61.4 Å². The number of nitrogens with zero attached hydrogens (tertiary/aromatic N) is 1. The maximum absolute atomic E-state index is 12.7. The molecule has 1 atom stereocenters. The van der Waals surface area contributed by atoms with Crippen LogP contribution in [0.25, 0.3) is 0 Å². The minimum absolute atomic E-state index is 0.00131. The second-order valence-electron chi connectivity index (χ2n) is 7.31. The maximum Gasteiger partial charge on any atom is 0.228 e. The van der Waals surface area contributed by atoms with Crippen LogP contribution < -0.4 is 10.6 Å². The Bertz CT molecular complexity index is 801. The highest BCUT2D eigenvalue weighted by Gasteiger charge is 2.25. The first-order valence-corrected chi connectivity index (χ1v) is 9.46. The molecule has 0 spiro atoms. The van der Waals surface area contributed by atoms with Crippen LogP contribution in [-0.4, -0.2) is 29.8 Å². The lowest BCUT2D eigenvalue weighted by molar-refractivity contribution is -0.121. The maximum atomic E-state index is 12.7. The Morgan fingerprint density at radius 1 is 1.07 bits per heavy atom. The van der Waals surface area contributed by atoms with E-state index in [-0.39, 0.29) is 17.7 Å². The van der Waals surface area contributed by atoms with Crippen LogP contribution in [0.2, 0.25) is 0 Å². The molecule has 3 rings (SSSR count). The van der Waals surface area contributed by atoms with Crippen molar-refractivity contribution in [3.05, 3.63) is 59.7 Å². The minimum atomic E-state index is -0.109. The molecule has 2 aromatic rings. The minimum Gasteiger partial charge on any atom is -0.326 e. The molecule has 5 heteroatoms. The highest BCUT2D eigenvalue weighted by atomic mass is 16.2. The standard InChI is InChI=1S/C22H27N3O2/c1-16-5-3-6-18(13-16)14-25-12-4-7-19(15-25)22(27)24-21-10-8-20(9-11-21)23-17(2)26/h3,5-6,8-11,13,19H,4,7,12,14-15H2,1-2H3,(H,23,26)(H,24,27). The number of nitrogens with one attached hydrogen (secondary N) is 2. The number of hydrogen-bond donors (Lipinski definition) is 2. The van der Waals surface area contributed by atoms with Gasteiger partial charge in [0.1, 0.15) is 0 Å². The first kappa shape index (κ1) is 19.1. The van der Waals surface area contributed by atoms with Gasteiger partial charge in [-0.25, -0.2) is 0 Å². The van der Waals surface area contributed by atoms with Crippen molar-refractivity contribution in [3.8, 4) is 0 Å². The molecule has 27 heavy (non-hydrogen) atoms. The summed E-state index contributed by atoms with van der Waals surface area (Å²) >= 11 is 0. The lowest BCUT2D eigenvalue weighted by Crippen LogP contribution is -2.40. The van der Waals surface area contributed by atoms with Crippen molar-refractivity contribution in [1.82, 2.24) is 4.90 Å². The number of benzene rings is 2. The Kier molecular flexibility index (Phi) is 6.24. The fourth-order valence-corrected chi connectivity index (χ4v) is 3.57. The molecule has 1 heterocycles. The van der Waals surface area contributed by atoms with Crippen LogP contribution in [-0.2, 0) is 16.1 Å². The molecule has 1 fully saturated rings. The van der Waals surface area contributed by atoms with Crippen LogP contribution in [0.4, 0.5) is 11.4 Å². The molecule has 2 N–H and O–H groups in total. The Labute approximate surface area is 160 Å². The van der Waals surface area contributed by atoms with E-state index in [9.17, 15) is 9.59 Å². The normalized spacial score (nSPS) is 17.3. The zero-order chi connectivity index (χ0) is 19.2. The number of carbonyl (C=O) groups excluding carboxylic acids is 2. The van der Waals surface area contributed by atoms with Crippen LogP contribution >= 0.6 is 0 Å². The smallest absolute Gasteiger partial charge is 0.228 e. The van der Waals surface area contributed by atoms with Gasteiger partial charge in [-0.05, 0) is 56.1 Å². The van der Waals surface area contributed by atoms with Gasteiger partial charge < -0.3 is 10.6 Å². The highest BCUT2D eigenvalue weighted by molar-refractivity contribution is 5.93. The first-order valence-electron chi connectivity index (χ1n) is 9.46. The fourth-order valence-electron chi connectivity index (χ4n) is 3.57. The summed E-state index contributed by atoms with van der Waals surface area (Å²) in [4.78, 5) is 26.1. The van der Waals surface area contributed by atoms with Gasteiger partial charge in [-0.3, -0.25) is 14.5 Å². The summed E-state index contributed by atoms with van der Waals surface area (Å²) < 4.78 is 0. The number of carbonyl (C=O) groups is 2. The van der Waals surface area contributed by atoms with Crippen LogP contribution in [0.3, 0.4) is 0 Å². The van der Waals surface area contributed by atoms with Crippen LogP contribution in [0.5, 0.6) is 0 Å². The summed E-state index contributed by atoms with van der Waals surface area (Å²) in [6, 6.07) is 15.8. The number of aryl methyl sites for hydroxylation is 1. The van der Waals surface area contributed by atoms with Crippen molar-refractivity contribution >= 4 is 23.2 Å². The first-order chi connectivity index (χ1) is 13.0. The molecular weight excluding hydrogens is 338 g/mol. The Morgan fingerprint density at radius 3 is 2.44 bits per heavy atom. The molecule has 0 aliphatic carbocycles. The van der Waals surface area contributed by atoms with Crippen molar-refractivity contribution in [3.63, 3.8) is 0 Å². The molecule has 1 unspecified atom stereocenters. The van der Waals surface area contributed by atoms with Gasteiger partial charge in [0.25, 0.3) is 0 Å². The third-order valence-electron chi connectivity index (χ3n) is 4.84. The summed E-state index contributed by atoms with van der Waals surface area (Å²) in [5.74, 6) is -0.0440. The van der Waals surface area contributed by atoms with Crippen LogP contribution in [0, 0.1) is 12.8 Å². The highest BCUT2D eigenvalue weighted by Crippen LogP contribution is 2.21. The fraction of sp³-hybridized carbons (Fsp3) is 0.364. The predicted molar refractivity (Wildman–Crippen MR) is 109 cm³/mol. The van der Waals surface area contributed by atoms with E-state index in [2.05, 4.69) is 46.7 Å². The molecule has 5 nitrogen and oxygen atoms in total. The van der Waals surface area contributed by atoms with Gasteiger partial charge in [-0.2, -0.15) is 0 Å². The molecule has 0 radical (unpaired) electrons. The van der Waals surface area contributed by atoms with Crippen molar-refractivity contribution in [2.45, 2.75) is 33.2 Å². The lowest BCUT2D eigenvalue weighted by atomic mass is 9.96. The molecule has 0 bridgehead atoms. The van der Waals surface area contributed by atoms with E-state index in [0.29, 0.717) is 0 Å². The average Bonchev–Trinajstić information content (AvgIpc) is 2.63. The van der Waals surface area contributed by atoms with Gasteiger partial charge in [0.05, 0.1) is 5.92 Å². The summed E-state index contributed by atoms with van der Waals surface area (Å²) in [5, 5.41) is 5.73. The Hall–Kier alpha value is -2.66. The lowest BCUT2D eigenvalue weighted by Gasteiger charge is -2.32. The number of likely N-dealkylation sites (tertiary alicyclic amines) is 1. The molecule has 2 amide bonds. The zero-order valence-corrected chi connectivity index (χ0v) is 16.0. The number of rotatable bonds is 5.